The van der Waals surface area contributed by atoms with Gasteiger partial charge in [-0.1, -0.05) is 29.5 Å². The minimum atomic E-state index is -0.645. The molecular formula is C19H24N6O2S. The van der Waals surface area contributed by atoms with Crippen LogP contribution in [-0.4, -0.2) is 59.3 Å². The number of amides is 3. The average molecular weight is 401 g/mol. The minimum Gasteiger partial charge on any atom is -0.368 e. The van der Waals surface area contributed by atoms with E-state index in [0.717, 1.165) is 36.6 Å². The molecule has 2 fully saturated rings. The van der Waals surface area contributed by atoms with Crippen molar-refractivity contribution < 1.29 is 9.59 Å². The van der Waals surface area contributed by atoms with Crippen LogP contribution in [0.3, 0.4) is 0 Å². The van der Waals surface area contributed by atoms with Gasteiger partial charge in [0.05, 0.1) is 0 Å². The number of anilines is 2. The number of benzene rings is 1. The second kappa shape index (κ2) is 8.14. The molecule has 0 unspecified atom stereocenters. The van der Waals surface area contributed by atoms with Gasteiger partial charge in [0.15, 0.2) is 0 Å². The summed E-state index contributed by atoms with van der Waals surface area (Å²) in [5.41, 5.74) is 1.16. The standard InChI is InChI=1S/C19H24N6O2S/c1-13(16(26)21-18-23-22-17(28-18)14-7-8-14)20-19(27)25-11-9-24(10-12-25)15-5-3-2-4-6-15/h2-6,13-14H,7-12H2,1H3,(H,20,27)(H,21,23,26)/t13-/m0/s1. The van der Waals surface area contributed by atoms with Gasteiger partial charge in [0, 0.05) is 37.8 Å². The Morgan fingerprint density at radius 1 is 1.11 bits per heavy atom. The van der Waals surface area contributed by atoms with Crippen molar-refractivity contribution in [3.05, 3.63) is 35.3 Å². The van der Waals surface area contributed by atoms with Crippen LogP contribution in [0.1, 0.15) is 30.7 Å². The molecule has 1 aliphatic carbocycles. The van der Waals surface area contributed by atoms with E-state index >= 15 is 0 Å². The first kappa shape index (κ1) is 18.7. The highest BCUT2D eigenvalue weighted by Gasteiger charge is 2.28. The number of hydrogen-bond donors (Lipinski definition) is 2. The van der Waals surface area contributed by atoms with Gasteiger partial charge in [-0.3, -0.25) is 10.1 Å². The fourth-order valence-electron chi connectivity index (χ4n) is 3.14. The van der Waals surface area contributed by atoms with E-state index in [4.69, 9.17) is 0 Å². The Morgan fingerprint density at radius 3 is 2.50 bits per heavy atom. The summed E-state index contributed by atoms with van der Waals surface area (Å²) in [6.07, 6.45) is 2.29. The molecule has 1 aromatic carbocycles. The lowest BCUT2D eigenvalue weighted by atomic mass is 10.2. The van der Waals surface area contributed by atoms with E-state index in [1.807, 2.05) is 18.2 Å². The Hall–Kier alpha value is -2.68. The molecule has 3 amide bonds. The average Bonchev–Trinajstić information content (AvgIpc) is 3.48. The van der Waals surface area contributed by atoms with Gasteiger partial charge in [-0.05, 0) is 31.9 Å². The number of hydrogen-bond acceptors (Lipinski definition) is 6. The molecule has 0 spiro atoms. The van der Waals surface area contributed by atoms with Crippen LogP contribution >= 0.6 is 11.3 Å². The third-order valence-corrected chi connectivity index (χ3v) is 6.02. The molecule has 4 rings (SSSR count). The van der Waals surface area contributed by atoms with Crippen molar-refractivity contribution >= 4 is 34.1 Å². The summed E-state index contributed by atoms with van der Waals surface area (Å²) >= 11 is 1.41. The van der Waals surface area contributed by atoms with Crippen LogP contribution in [-0.2, 0) is 4.79 Å². The van der Waals surface area contributed by atoms with Crippen LogP contribution in [0, 0.1) is 0 Å². The molecule has 2 aromatic rings. The summed E-state index contributed by atoms with van der Waals surface area (Å²) in [5, 5.41) is 15.1. The summed E-state index contributed by atoms with van der Waals surface area (Å²) in [6, 6.07) is 9.31. The molecule has 9 heteroatoms. The summed E-state index contributed by atoms with van der Waals surface area (Å²) < 4.78 is 0. The predicted molar refractivity (Wildman–Crippen MR) is 109 cm³/mol. The number of para-hydroxylation sites is 1. The number of piperazine rings is 1. The molecule has 8 nitrogen and oxygen atoms in total. The second-order valence-corrected chi connectivity index (χ2v) is 8.20. The number of carbonyl (C=O) groups excluding carboxylic acids is 2. The maximum atomic E-state index is 12.5. The highest BCUT2D eigenvalue weighted by atomic mass is 32.1. The molecule has 0 bridgehead atoms. The van der Waals surface area contributed by atoms with Crippen LogP contribution in [0.2, 0.25) is 0 Å². The van der Waals surface area contributed by atoms with Gasteiger partial charge in [0.2, 0.25) is 11.0 Å². The number of aromatic nitrogens is 2. The Morgan fingerprint density at radius 2 is 1.82 bits per heavy atom. The van der Waals surface area contributed by atoms with E-state index in [1.54, 1.807) is 11.8 Å². The summed E-state index contributed by atoms with van der Waals surface area (Å²) in [7, 11) is 0. The SMILES string of the molecule is C[C@H](NC(=O)N1CCN(c2ccccc2)CC1)C(=O)Nc1nnc(C2CC2)s1. The maximum Gasteiger partial charge on any atom is 0.318 e. The smallest absolute Gasteiger partial charge is 0.318 e. The molecule has 1 atom stereocenters. The van der Waals surface area contributed by atoms with Crippen LogP contribution in [0.25, 0.3) is 0 Å². The minimum absolute atomic E-state index is 0.216. The zero-order valence-corrected chi connectivity index (χ0v) is 16.6. The molecule has 1 saturated heterocycles. The van der Waals surface area contributed by atoms with Gasteiger partial charge in [-0.2, -0.15) is 0 Å². The fraction of sp³-hybridized carbons (Fsp3) is 0.474. The van der Waals surface area contributed by atoms with Gasteiger partial charge in [-0.15, -0.1) is 10.2 Å². The zero-order valence-electron chi connectivity index (χ0n) is 15.8. The third kappa shape index (κ3) is 4.41. The van der Waals surface area contributed by atoms with Crippen molar-refractivity contribution in [2.45, 2.75) is 31.7 Å². The van der Waals surface area contributed by atoms with Crippen LogP contribution in [0.5, 0.6) is 0 Å². The van der Waals surface area contributed by atoms with Crippen LogP contribution in [0.4, 0.5) is 15.6 Å². The van der Waals surface area contributed by atoms with E-state index in [9.17, 15) is 9.59 Å². The van der Waals surface area contributed by atoms with E-state index in [1.165, 1.54) is 11.3 Å². The number of rotatable bonds is 5. The summed E-state index contributed by atoms with van der Waals surface area (Å²) in [5.74, 6) is 0.226. The zero-order chi connectivity index (χ0) is 19.5. The molecule has 1 aliphatic heterocycles. The highest BCUT2D eigenvalue weighted by molar-refractivity contribution is 7.15. The van der Waals surface area contributed by atoms with Crippen molar-refractivity contribution in [2.75, 3.05) is 36.4 Å². The number of urea groups is 1. The van der Waals surface area contributed by atoms with Crippen molar-refractivity contribution in [3.63, 3.8) is 0 Å². The summed E-state index contributed by atoms with van der Waals surface area (Å²) in [4.78, 5) is 28.9. The van der Waals surface area contributed by atoms with Crippen LogP contribution < -0.4 is 15.5 Å². The predicted octanol–water partition coefficient (Wildman–Crippen LogP) is 2.27. The van der Waals surface area contributed by atoms with E-state index in [-0.39, 0.29) is 11.9 Å². The number of carbonyl (C=O) groups is 2. The second-order valence-electron chi connectivity index (χ2n) is 7.19. The maximum absolute atomic E-state index is 12.5. The van der Waals surface area contributed by atoms with Crippen molar-refractivity contribution in [1.82, 2.24) is 20.4 Å². The van der Waals surface area contributed by atoms with Gasteiger partial charge < -0.3 is 15.1 Å². The Balaban J connectivity index is 1.24. The first-order chi connectivity index (χ1) is 13.6. The monoisotopic (exact) mass is 400 g/mol. The topological polar surface area (TPSA) is 90.5 Å². The summed E-state index contributed by atoms with van der Waals surface area (Å²) in [6.45, 7) is 4.46. The van der Waals surface area contributed by atoms with Crippen LogP contribution in [0.15, 0.2) is 30.3 Å². The number of nitrogens with one attached hydrogen (secondary N) is 2. The Bertz CT molecular complexity index is 830. The molecule has 2 N–H and O–H groups in total. The Kier molecular flexibility index (Phi) is 5.43. The van der Waals surface area contributed by atoms with Crippen molar-refractivity contribution in [1.29, 1.82) is 0 Å². The van der Waals surface area contributed by atoms with Crippen molar-refractivity contribution in [2.24, 2.45) is 0 Å². The van der Waals surface area contributed by atoms with Crippen molar-refractivity contribution in [3.8, 4) is 0 Å². The molecule has 148 valence electrons. The van der Waals surface area contributed by atoms with Gasteiger partial charge >= 0.3 is 6.03 Å². The first-order valence-electron chi connectivity index (χ1n) is 9.60. The quantitative estimate of drug-likeness (QED) is 0.804. The lowest BCUT2D eigenvalue weighted by Gasteiger charge is -2.36. The van der Waals surface area contributed by atoms with Gasteiger partial charge in [-0.25, -0.2) is 4.79 Å². The van der Waals surface area contributed by atoms with E-state index in [2.05, 4.69) is 37.9 Å². The Labute approximate surface area is 167 Å². The normalized spacial score (nSPS) is 17.9. The van der Waals surface area contributed by atoms with Gasteiger partial charge in [0.1, 0.15) is 11.0 Å². The molecular weight excluding hydrogens is 376 g/mol. The molecule has 1 saturated carbocycles. The molecule has 0 radical (unpaired) electrons. The lowest BCUT2D eigenvalue weighted by Crippen LogP contribution is -2.54. The van der Waals surface area contributed by atoms with Gasteiger partial charge in [0.25, 0.3) is 0 Å². The molecule has 28 heavy (non-hydrogen) atoms. The molecule has 2 aliphatic rings. The fourth-order valence-corrected chi connectivity index (χ4v) is 4.06. The third-order valence-electron chi connectivity index (χ3n) is 5.02. The highest BCUT2D eigenvalue weighted by Crippen LogP contribution is 2.42. The largest absolute Gasteiger partial charge is 0.368 e. The number of nitrogens with zero attached hydrogens (tertiary/aromatic N) is 4. The van der Waals surface area contributed by atoms with E-state index in [0.29, 0.717) is 24.1 Å². The molecule has 2 heterocycles. The van der Waals surface area contributed by atoms with E-state index < -0.39 is 6.04 Å². The first-order valence-corrected chi connectivity index (χ1v) is 10.4. The lowest BCUT2D eigenvalue weighted by molar-refractivity contribution is -0.117. The molecule has 1 aromatic heterocycles.